The van der Waals surface area contributed by atoms with Crippen LogP contribution in [0.5, 0.6) is 34.5 Å². The fourth-order valence-corrected chi connectivity index (χ4v) is 14.3. The van der Waals surface area contributed by atoms with Crippen LogP contribution in [0.15, 0.2) is 146 Å². The molecule has 0 aliphatic heterocycles. The second kappa shape index (κ2) is 79.0. The van der Waals surface area contributed by atoms with Gasteiger partial charge in [0.2, 0.25) is 0 Å². The Balaban J connectivity index is 0.00000135. The van der Waals surface area contributed by atoms with Gasteiger partial charge in [-0.15, -0.1) is 0 Å². The average Bonchev–Trinajstić information content (AvgIpc) is 0.948. The van der Waals surface area contributed by atoms with E-state index in [1.165, 1.54) is 303 Å². The fourth-order valence-electron chi connectivity index (χ4n) is 12.5. The van der Waals surface area contributed by atoms with Crippen LogP contribution in [0.1, 0.15) is 345 Å². The molecule has 0 aromatic heterocycles. The fraction of sp³-hybridized carbons (Fsp3) is 0.600. The van der Waals surface area contributed by atoms with Crippen LogP contribution >= 0.6 is 49.5 Å². The monoisotopic (exact) mass is 1790 g/mol. The van der Waals surface area contributed by atoms with Crippen LogP contribution in [0.4, 0.5) is 0 Å². The molecule has 6 rings (SSSR count). The number of benzene rings is 6. The van der Waals surface area contributed by atoms with E-state index in [0.717, 1.165) is 38.5 Å². The standard InChI is InChI=1S/6C15H23O3P.Mo/c6*1-2-3-4-5-6-7-8-9-14-10-12-15(13-11-14)18-19(16)17;/h6*10-13H,2-9H2,1H3;. The summed E-state index contributed by atoms with van der Waals surface area (Å²) >= 11 is 0. The van der Waals surface area contributed by atoms with Gasteiger partial charge in [-0.3, -0.25) is 27.1 Å². The van der Waals surface area contributed by atoms with E-state index in [4.69, 9.17) is 0 Å². The van der Waals surface area contributed by atoms with Gasteiger partial charge in [-0.05, 0) is 211 Å². The molecule has 18 nitrogen and oxygen atoms in total. The third-order valence-electron chi connectivity index (χ3n) is 19.0. The maximum atomic E-state index is 10.4. The van der Waals surface area contributed by atoms with Crippen molar-refractivity contribution in [2.45, 2.75) is 350 Å². The largest absolute Gasteiger partial charge is 0.558 e. The van der Waals surface area contributed by atoms with Crippen LogP contribution in [0.25, 0.3) is 0 Å². The van der Waals surface area contributed by atoms with Gasteiger partial charge in [-0.2, -0.15) is 0 Å². The summed E-state index contributed by atoms with van der Waals surface area (Å²) in [5.41, 5.74) is 7.43. The molecule has 0 saturated carbocycles. The van der Waals surface area contributed by atoms with Crippen LogP contribution in [0, 0.1) is 0 Å². The van der Waals surface area contributed by atoms with Crippen molar-refractivity contribution < 1.29 is 105 Å². The van der Waals surface area contributed by atoms with Gasteiger partial charge in [0, 0.05) is 21.1 Å². The Bertz CT molecular complexity index is 2750. The predicted molar refractivity (Wildman–Crippen MR) is 458 cm³/mol. The molecule has 642 valence electrons. The minimum absolute atomic E-state index is 0. The summed E-state index contributed by atoms with van der Waals surface area (Å²) in [7, 11) is -16.8. The summed E-state index contributed by atoms with van der Waals surface area (Å²) in [6.07, 6.45) is 61.1. The van der Waals surface area contributed by atoms with Crippen molar-refractivity contribution in [1.29, 1.82) is 0 Å². The second-order valence-corrected chi connectivity index (χ2v) is 32.8. The normalized spacial score (nSPS) is 11.3. The van der Waals surface area contributed by atoms with Crippen LogP contribution in [0.2, 0.25) is 0 Å². The van der Waals surface area contributed by atoms with Crippen molar-refractivity contribution in [2.75, 3.05) is 0 Å². The topological polar surface area (TPSA) is 296 Å². The molecule has 0 spiro atoms. The molecule has 0 saturated heterocycles. The van der Waals surface area contributed by atoms with Crippen LogP contribution in [-0.2, 0) is 87.0 Å². The van der Waals surface area contributed by atoms with Crippen molar-refractivity contribution in [1.82, 2.24) is 0 Å². The molecule has 0 aliphatic carbocycles. The maximum Gasteiger partial charge on any atom is 0.539 e. The minimum atomic E-state index is -2.81. The van der Waals surface area contributed by atoms with Crippen molar-refractivity contribution in [3.63, 3.8) is 0 Å². The number of unbranched alkanes of at least 4 members (excludes halogenated alkanes) is 36. The van der Waals surface area contributed by atoms with E-state index >= 15 is 0 Å². The molecule has 0 heterocycles. The first-order valence-corrected chi connectivity index (χ1v) is 49.4. The van der Waals surface area contributed by atoms with Gasteiger partial charge < -0.3 is 29.4 Å². The van der Waals surface area contributed by atoms with E-state index < -0.39 is 49.5 Å². The molecule has 0 N–H and O–H groups in total. The summed E-state index contributed by atoms with van der Waals surface area (Å²) in [4.78, 5) is 62.3. The predicted octanol–water partition coefficient (Wildman–Crippen LogP) is 26.3. The zero-order valence-corrected chi connectivity index (χ0v) is 77.6. The molecular formula is C90H138MoO18P6. The van der Waals surface area contributed by atoms with E-state index in [1.807, 2.05) is 72.8 Å². The van der Waals surface area contributed by atoms with Gasteiger partial charge in [0.15, 0.2) is 34.5 Å². The number of rotatable bonds is 60. The molecule has 0 fully saturated rings. The van der Waals surface area contributed by atoms with Gasteiger partial charge in [-0.1, -0.05) is 345 Å². The first-order valence-electron chi connectivity index (χ1n) is 42.8. The maximum absolute atomic E-state index is 10.4. The molecule has 0 radical (unpaired) electrons. The van der Waals surface area contributed by atoms with Gasteiger partial charge in [0.25, 0.3) is 0 Å². The summed E-state index contributed by atoms with van der Waals surface area (Å²) in [5.74, 6) is 2.33. The molecule has 115 heavy (non-hydrogen) atoms. The molecule has 6 atom stereocenters. The van der Waals surface area contributed by atoms with Gasteiger partial charge >= 0.3 is 49.5 Å². The SMILES string of the molecule is CCCCCCCCCc1ccc(O[P+](=O)[O-])cc1.CCCCCCCCCc1ccc(O[P+](=O)[O-])cc1.CCCCCCCCCc1ccc(O[P+](=O)[O-])cc1.CCCCCCCCCc1ccc(O[P+](=O)[O-])cc1.CCCCCCCCCc1ccc(O[P+](=O)[O-])cc1.CCCCCCCCCc1ccc(O[P+](=O)[O-])cc1.[Mo]. The molecule has 25 heteroatoms. The van der Waals surface area contributed by atoms with E-state index in [2.05, 4.69) is 68.7 Å². The van der Waals surface area contributed by atoms with E-state index in [1.54, 1.807) is 72.8 Å². The zero-order valence-electron chi connectivity index (χ0n) is 70.2. The minimum Gasteiger partial charge on any atom is -0.558 e. The number of hydrogen-bond acceptors (Lipinski definition) is 18. The number of aryl methyl sites for hydroxylation is 6. The van der Waals surface area contributed by atoms with Crippen LogP contribution in [-0.4, -0.2) is 0 Å². The molecule has 0 aliphatic rings. The summed E-state index contributed by atoms with van der Waals surface area (Å²) in [6.45, 7) is 13.4. The van der Waals surface area contributed by atoms with Crippen LogP contribution in [0.3, 0.4) is 0 Å². The Labute approximate surface area is 713 Å². The Morgan fingerprint density at radius 1 is 0.174 bits per heavy atom. The first-order chi connectivity index (χ1) is 55.3. The van der Waals surface area contributed by atoms with E-state index in [0.29, 0.717) is 34.5 Å². The summed E-state index contributed by atoms with van der Waals surface area (Å²) in [6, 6.07) is 43.7. The smallest absolute Gasteiger partial charge is 0.539 e. The summed E-state index contributed by atoms with van der Waals surface area (Å²) in [5, 5.41) is 0. The Morgan fingerprint density at radius 3 is 0.365 bits per heavy atom. The van der Waals surface area contributed by atoms with Gasteiger partial charge in [-0.25, -0.2) is 0 Å². The number of hydrogen-bond donors (Lipinski definition) is 0. The van der Waals surface area contributed by atoms with Gasteiger partial charge in [0.1, 0.15) is 0 Å². The van der Waals surface area contributed by atoms with Gasteiger partial charge in [0.05, 0.1) is 0 Å². The Kier molecular flexibility index (Phi) is 75.7. The average molecular weight is 1790 g/mol. The van der Waals surface area contributed by atoms with E-state index in [-0.39, 0.29) is 21.1 Å². The first kappa shape index (κ1) is 110. The van der Waals surface area contributed by atoms with Crippen molar-refractivity contribution in [3.8, 4) is 34.5 Å². The Morgan fingerprint density at radius 2 is 0.270 bits per heavy atom. The molecular weight excluding hydrogens is 1650 g/mol. The molecule has 0 amide bonds. The van der Waals surface area contributed by atoms with E-state index in [9.17, 15) is 56.8 Å². The van der Waals surface area contributed by atoms with Crippen molar-refractivity contribution in [3.05, 3.63) is 179 Å². The zero-order chi connectivity index (χ0) is 83.5. The van der Waals surface area contributed by atoms with Crippen molar-refractivity contribution >= 4 is 49.5 Å². The van der Waals surface area contributed by atoms with Crippen LogP contribution < -0.4 is 56.5 Å². The second-order valence-electron chi connectivity index (χ2n) is 29.0. The third kappa shape index (κ3) is 70.7. The van der Waals surface area contributed by atoms with Crippen molar-refractivity contribution in [2.24, 2.45) is 0 Å². The summed E-state index contributed by atoms with van der Waals surface area (Å²) < 4.78 is 89.9. The quantitative estimate of drug-likeness (QED) is 0.0195. The molecule has 6 aromatic carbocycles. The molecule has 0 bridgehead atoms. The third-order valence-corrected chi connectivity index (χ3v) is 21.2. The Hall–Kier alpha value is -4.83. The molecule has 6 aromatic rings. The molecule has 6 unspecified atom stereocenters.